The van der Waals surface area contributed by atoms with E-state index in [0.717, 1.165) is 20.8 Å². The summed E-state index contributed by atoms with van der Waals surface area (Å²) in [6.45, 7) is 2.56. The van der Waals surface area contributed by atoms with Crippen molar-refractivity contribution in [1.82, 2.24) is 9.88 Å². The fraction of sp³-hybridized carbons (Fsp3) is 0.263. The number of amides is 1. The Labute approximate surface area is 145 Å². The van der Waals surface area contributed by atoms with Gasteiger partial charge >= 0.3 is 0 Å². The van der Waals surface area contributed by atoms with Gasteiger partial charge < -0.3 is 9.64 Å². The van der Waals surface area contributed by atoms with E-state index in [9.17, 15) is 4.79 Å². The smallest absolute Gasteiger partial charge is 0.254 e. The van der Waals surface area contributed by atoms with Crippen LogP contribution in [0.25, 0.3) is 10.2 Å². The van der Waals surface area contributed by atoms with Gasteiger partial charge in [-0.3, -0.25) is 4.79 Å². The number of fused-ring (bicyclic) bond motifs is 1. The number of carbonyl (C=O) groups is 1. The quantitative estimate of drug-likeness (QED) is 0.696. The van der Waals surface area contributed by atoms with Crippen molar-refractivity contribution in [3.05, 3.63) is 64.7 Å². The first-order valence-electron chi connectivity index (χ1n) is 7.80. The Hall–Kier alpha value is -2.24. The number of para-hydroxylation sites is 1. The van der Waals surface area contributed by atoms with E-state index in [0.29, 0.717) is 12.2 Å². The van der Waals surface area contributed by atoms with Gasteiger partial charge in [0.05, 0.1) is 22.9 Å². The minimum Gasteiger partial charge on any atom is -0.380 e. The van der Waals surface area contributed by atoms with E-state index in [2.05, 4.69) is 11.1 Å². The van der Waals surface area contributed by atoms with Crippen LogP contribution >= 0.6 is 11.3 Å². The molecule has 0 unspecified atom stereocenters. The summed E-state index contributed by atoms with van der Waals surface area (Å²) in [6, 6.07) is 15.5. The molecule has 0 aliphatic carbocycles. The fourth-order valence-electron chi connectivity index (χ4n) is 2.52. The van der Waals surface area contributed by atoms with Crippen LogP contribution in [-0.2, 0) is 11.3 Å². The molecule has 3 rings (SSSR count). The summed E-state index contributed by atoms with van der Waals surface area (Å²) in [4.78, 5) is 19.1. The Balaban J connectivity index is 1.78. The van der Waals surface area contributed by atoms with Crippen LogP contribution in [0.4, 0.5) is 0 Å². The number of rotatable bonds is 5. The molecule has 3 aromatic rings. The molecule has 0 saturated heterocycles. The van der Waals surface area contributed by atoms with Crippen LogP contribution in [0, 0.1) is 0 Å². The molecule has 2 aromatic carbocycles. The zero-order valence-corrected chi connectivity index (χ0v) is 14.8. The van der Waals surface area contributed by atoms with Gasteiger partial charge in [0.2, 0.25) is 0 Å². The van der Waals surface area contributed by atoms with Gasteiger partial charge in [-0.1, -0.05) is 24.3 Å². The van der Waals surface area contributed by atoms with E-state index in [1.807, 2.05) is 56.4 Å². The van der Waals surface area contributed by atoms with Gasteiger partial charge in [0, 0.05) is 19.7 Å². The Kier molecular flexibility index (Phi) is 4.92. The maximum Gasteiger partial charge on any atom is 0.254 e. The third-order valence-corrected chi connectivity index (χ3v) is 5.29. The Morgan fingerprint density at radius 3 is 2.58 bits per heavy atom. The molecule has 1 amide bonds. The highest BCUT2D eigenvalue weighted by atomic mass is 32.1. The molecule has 24 heavy (non-hydrogen) atoms. The minimum atomic E-state index is -0.0754. The van der Waals surface area contributed by atoms with Crippen molar-refractivity contribution in [2.45, 2.75) is 19.6 Å². The van der Waals surface area contributed by atoms with Crippen LogP contribution < -0.4 is 0 Å². The van der Waals surface area contributed by atoms with Crippen LogP contribution in [0.15, 0.2) is 48.5 Å². The molecular weight excluding hydrogens is 320 g/mol. The topological polar surface area (TPSA) is 42.4 Å². The first-order valence-corrected chi connectivity index (χ1v) is 8.62. The molecule has 0 radical (unpaired) electrons. The molecule has 4 nitrogen and oxygen atoms in total. The van der Waals surface area contributed by atoms with Crippen molar-refractivity contribution in [3.8, 4) is 0 Å². The molecule has 124 valence electrons. The number of hydrogen-bond acceptors (Lipinski definition) is 4. The van der Waals surface area contributed by atoms with Crippen molar-refractivity contribution >= 4 is 27.5 Å². The summed E-state index contributed by atoms with van der Waals surface area (Å²) in [5, 5.41) is 0.947. The van der Waals surface area contributed by atoms with Crippen molar-refractivity contribution < 1.29 is 9.53 Å². The molecule has 0 spiro atoms. The second-order valence-corrected chi connectivity index (χ2v) is 6.80. The number of carbonyl (C=O) groups excluding carboxylic acids is 1. The third kappa shape index (κ3) is 3.32. The molecule has 0 N–H and O–H groups in total. The first kappa shape index (κ1) is 16.6. The second-order valence-electron chi connectivity index (χ2n) is 5.74. The molecule has 1 aromatic heterocycles. The molecule has 0 fully saturated rings. The van der Waals surface area contributed by atoms with Crippen LogP contribution in [0.5, 0.6) is 0 Å². The minimum absolute atomic E-state index is 0.00859. The second kappa shape index (κ2) is 7.11. The highest BCUT2D eigenvalue weighted by Crippen LogP contribution is 2.29. The van der Waals surface area contributed by atoms with E-state index in [1.165, 1.54) is 0 Å². The maximum atomic E-state index is 12.7. The Morgan fingerprint density at radius 1 is 1.21 bits per heavy atom. The van der Waals surface area contributed by atoms with Gasteiger partial charge in [-0.15, -0.1) is 11.3 Å². The van der Waals surface area contributed by atoms with Gasteiger partial charge in [-0.05, 0) is 36.8 Å². The lowest BCUT2D eigenvalue weighted by Gasteiger charge is -2.23. The maximum absolute atomic E-state index is 12.7. The average molecular weight is 340 g/mol. The van der Waals surface area contributed by atoms with Crippen LogP contribution in [0.1, 0.15) is 33.9 Å². The van der Waals surface area contributed by atoms with Crippen molar-refractivity contribution in [1.29, 1.82) is 0 Å². The van der Waals surface area contributed by atoms with Crippen molar-refractivity contribution in [2.75, 3.05) is 14.2 Å². The van der Waals surface area contributed by atoms with Gasteiger partial charge in [0.15, 0.2) is 0 Å². The zero-order chi connectivity index (χ0) is 17.1. The predicted molar refractivity (Wildman–Crippen MR) is 97.3 cm³/mol. The van der Waals surface area contributed by atoms with Crippen molar-refractivity contribution in [2.24, 2.45) is 0 Å². The van der Waals surface area contributed by atoms with E-state index in [4.69, 9.17) is 4.74 Å². The molecule has 0 aliphatic rings. The van der Waals surface area contributed by atoms with Crippen LogP contribution in [0.3, 0.4) is 0 Å². The highest BCUT2D eigenvalue weighted by molar-refractivity contribution is 7.18. The lowest BCUT2D eigenvalue weighted by atomic mass is 10.1. The number of nitrogens with zero attached hydrogens (tertiary/aromatic N) is 2. The first-order chi connectivity index (χ1) is 11.6. The largest absolute Gasteiger partial charge is 0.380 e. The molecule has 0 aliphatic heterocycles. The number of aromatic nitrogens is 1. The SMILES string of the molecule is COCc1ccc(C(=O)N(C)[C@H](C)c2nc3ccccc3s2)cc1. The zero-order valence-electron chi connectivity index (χ0n) is 14.0. The van der Waals surface area contributed by atoms with E-state index in [1.54, 1.807) is 23.3 Å². The number of ether oxygens (including phenoxy) is 1. The van der Waals surface area contributed by atoms with Crippen molar-refractivity contribution in [3.63, 3.8) is 0 Å². The summed E-state index contributed by atoms with van der Waals surface area (Å²) < 4.78 is 6.24. The van der Waals surface area contributed by atoms with Crippen LogP contribution in [-0.4, -0.2) is 29.9 Å². The number of hydrogen-bond donors (Lipinski definition) is 0. The van der Waals surface area contributed by atoms with E-state index >= 15 is 0 Å². The van der Waals surface area contributed by atoms with Crippen LogP contribution in [0.2, 0.25) is 0 Å². The third-order valence-electron chi connectivity index (χ3n) is 4.08. The summed E-state index contributed by atoms with van der Waals surface area (Å²) in [7, 11) is 3.48. The fourth-order valence-corrected chi connectivity index (χ4v) is 3.59. The Bertz CT molecular complexity index is 809. The summed E-state index contributed by atoms with van der Waals surface area (Å²) in [5.41, 5.74) is 2.70. The van der Waals surface area contributed by atoms with Gasteiger partial charge in [0.25, 0.3) is 5.91 Å². The molecule has 5 heteroatoms. The highest BCUT2D eigenvalue weighted by Gasteiger charge is 2.21. The number of thiazole rings is 1. The molecule has 0 bridgehead atoms. The average Bonchev–Trinajstić information content (AvgIpc) is 3.05. The number of benzene rings is 2. The molecule has 1 atom stereocenters. The van der Waals surface area contributed by atoms with Gasteiger partial charge in [-0.25, -0.2) is 4.98 Å². The number of methoxy groups -OCH3 is 1. The summed E-state index contributed by atoms with van der Waals surface area (Å²) >= 11 is 1.63. The molecular formula is C19H20N2O2S. The molecule has 0 saturated carbocycles. The standard InChI is InChI=1S/C19H20N2O2S/c1-13(18-20-16-6-4-5-7-17(16)24-18)21(2)19(22)15-10-8-14(9-11-15)12-23-3/h4-11,13H,12H2,1-3H3/t13-/m1/s1. The lowest BCUT2D eigenvalue weighted by molar-refractivity contribution is 0.0742. The molecule has 1 heterocycles. The summed E-state index contributed by atoms with van der Waals surface area (Å²) in [5.74, 6) is -0.00859. The monoisotopic (exact) mass is 340 g/mol. The van der Waals surface area contributed by atoms with E-state index < -0.39 is 0 Å². The lowest BCUT2D eigenvalue weighted by Crippen LogP contribution is -2.29. The predicted octanol–water partition coefficient (Wildman–Crippen LogP) is 4.28. The van der Waals surface area contributed by atoms with Gasteiger partial charge in [0.1, 0.15) is 5.01 Å². The summed E-state index contributed by atoms with van der Waals surface area (Å²) in [6.07, 6.45) is 0. The van der Waals surface area contributed by atoms with E-state index in [-0.39, 0.29) is 11.9 Å². The Morgan fingerprint density at radius 2 is 1.92 bits per heavy atom. The van der Waals surface area contributed by atoms with Gasteiger partial charge in [-0.2, -0.15) is 0 Å². The normalized spacial score (nSPS) is 12.3.